The van der Waals surface area contributed by atoms with Gasteiger partial charge < -0.3 is 14.9 Å². The molecule has 8 heteroatoms. The molecule has 0 spiro atoms. The number of phenolic OH excluding ortho intramolecular Hbond substituents is 1. The van der Waals surface area contributed by atoms with Crippen LogP contribution in [0.5, 0.6) is 11.5 Å². The van der Waals surface area contributed by atoms with Crippen molar-refractivity contribution in [1.82, 2.24) is 10.2 Å². The Morgan fingerprint density at radius 1 is 1.33 bits per heavy atom. The molecule has 3 N–H and O–H groups in total. The molecule has 0 aliphatic heterocycles. The molecule has 0 saturated heterocycles. The fourth-order valence-electron chi connectivity index (χ4n) is 2.02. The summed E-state index contributed by atoms with van der Waals surface area (Å²) in [7, 11) is 1.40. The number of H-pyrrole nitrogens is 1. The Bertz CT molecular complexity index is 638. The number of aliphatic hydroxyl groups is 1. The van der Waals surface area contributed by atoms with Gasteiger partial charge in [0, 0.05) is 23.8 Å². The summed E-state index contributed by atoms with van der Waals surface area (Å²) in [6.45, 7) is -0.466. The van der Waals surface area contributed by atoms with E-state index >= 15 is 0 Å². The first-order chi connectivity index (χ1) is 9.88. The van der Waals surface area contributed by atoms with Crippen molar-refractivity contribution in [3.63, 3.8) is 0 Å². The average molecular weight is 302 g/mol. The van der Waals surface area contributed by atoms with E-state index in [0.717, 1.165) is 0 Å². The predicted octanol–water partition coefficient (Wildman–Crippen LogP) is 2.34. The van der Waals surface area contributed by atoms with Crippen LogP contribution in [0, 0.1) is 0 Å². The number of phenols is 1. The minimum absolute atomic E-state index is 0.0449. The molecule has 5 nitrogen and oxygen atoms in total. The van der Waals surface area contributed by atoms with Crippen LogP contribution in [0.3, 0.4) is 0 Å². The van der Waals surface area contributed by atoms with Crippen molar-refractivity contribution < 1.29 is 28.1 Å². The topological polar surface area (TPSA) is 78.4 Å². The van der Waals surface area contributed by atoms with E-state index in [1.807, 2.05) is 5.10 Å². The quantitative estimate of drug-likeness (QED) is 0.810. The van der Waals surface area contributed by atoms with Crippen molar-refractivity contribution in [3.8, 4) is 22.8 Å². The highest BCUT2D eigenvalue weighted by molar-refractivity contribution is 5.71. The van der Waals surface area contributed by atoms with Gasteiger partial charge in [0.25, 0.3) is 0 Å². The Kier molecular flexibility index (Phi) is 4.08. The SMILES string of the molecule is COc1ccc(-c2n[nH]c(C(F)(F)F)c2CCO)c(O)c1. The lowest BCUT2D eigenvalue weighted by Gasteiger charge is -2.09. The number of nitrogens with one attached hydrogen (secondary N) is 1. The first kappa shape index (κ1) is 15.2. The van der Waals surface area contributed by atoms with Crippen molar-refractivity contribution >= 4 is 0 Å². The standard InChI is InChI=1S/C13H13F3N2O3/c1-21-7-2-3-8(10(20)6-7)11-9(4-5-19)12(18-17-11)13(14,15)16/h2-3,6,19-20H,4-5H2,1H3,(H,17,18). The zero-order valence-electron chi connectivity index (χ0n) is 11.0. The summed E-state index contributed by atoms with van der Waals surface area (Å²) in [5, 5.41) is 24.4. The molecule has 0 saturated carbocycles. The number of halogens is 3. The molecule has 0 fully saturated rings. The number of benzene rings is 1. The second-order valence-electron chi connectivity index (χ2n) is 4.28. The van der Waals surface area contributed by atoms with Gasteiger partial charge in [-0.3, -0.25) is 5.10 Å². The summed E-state index contributed by atoms with van der Waals surface area (Å²) in [4.78, 5) is 0. The Balaban J connectivity index is 2.56. The van der Waals surface area contributed by atoms with Crippen molar-refractivity contribution in [2.75, 3.05) is 13.7 Å². The lowest BCUT2D eigenvalue weighted by Crippen LogP contribution is -2.10. The van der Waals surface area contributed by atoms with Gasteiger partial charge in [-0.2, -0.15) is 18.3 Å². The second-order valence-corrected chi connectivity index (χ2v) is 4.28. The molecule has 0 bridgehead atoms. The molecule has 21 heavy (non-hydrogen) atoms. The van der Waals surface area contributed by atoms with E-state index in [0.29, 0.717) is 5.75 Å². The zero-order valence-corrected chi connectivity index (χ0v) is 11.0. The average Bonchev–Trinajstić information content (AvgIpc) is 2.82. The number of aromatic hydroxyl groups is 1. The molecule has 0 atom stereocenters. The number of hydrogen-bond donors (Lipinski definition) is 3. The maximum Gasteiger partial charge on any atom is 0.433 e. The third-order valence-corrected chi connectivity index (χ3v) is 2.97. The summed E-state index contributed by atoms with van der Waals surface area (Å²) >= 11 is 0. The van der Waals surface area contributed by atoms with E-state index in [9.17, 15) is 18.3 Å². The molecular formula is C13H13F3N2O3. The summed E-state index contributed by atoms with van der Waals surface area (Å²) < 4.78 is 43.6. The van der Waals surface area contributed by atoms with Crippen molar-refractivity contribution in [2.45, 2.75) is 12.6 Å². The largest absolute Gasteiger partial charge is 0.507 e. The van der Waals surface area contributed by atoms with Gasteiger partial charge in [-0.05, 0) is 18.6 Å². The summed E-state index contributed by atoms with van der Waals surface area (Å²) in [5.41, 5.74) is -1.13. The van der Waals surface area contributed by atoms with Crippen LogP contribution >= 0.6 is 0 Å². The van der Waals surface area contributed by atoms with E-state index in [-0.39, 0.29) is 29.0 Å². The highest BCUT2D eigenvalue weighted by Gasteiger charge is 2.37. The first-order valence-corrected chi connectivity index (χ1v) is 6.01. The molecule has 0 unspecified atom stereocenters. The fraction of sp³-hybridized carbons (Fsp3) is 0.308. The predicted molar refractivity (Wildman–Crippen MR) is 68.0 cm³/mol. The van der Waals surface area contributed by atoms with E-state index < -0.39 is 18.5 Å². The maximum atomic E-state index is 12.9. The molecule has 0 radical (unpaired) electrons. The monoisotopic (exact) mass is 302 g/mol. The molecule has 1 heterocycles. The molecule has 2 aromatic rings. The summed E-state index contributed by atoms with van der Waals surface area (Å²) in [6, 6.07) is 4.19. The van der Waals surface area contributed by atoms with E-state index in [1.54, 1.807) is 0 Å². The van der Waals surface area contributed by atoms with Gasteiger partial charge in [0.15, 0.2) is 0 Å². The highest BCUT2D eigenvalue weighted by atomic mass is 19.4. The number of methoxy groups -OCH3 is 1. The summed E-state index contributed by atoms with van der Waals surface area (Å²) in [5.74, 6) is 0.111. The van der Waals surface area contributed by atoms with Gasteiger partial charge in [0.05, 0.1) is 12.8 Å². The highest BCUT2D eigenvalue weighted by Crippen LogP contribution is 2.38. The minimum atomic E-state index is -4.61. The number of rotatable bonds is 4. The van der Waals surface area contributed by atoms with Crippen molar-refractivity contribution in [1.29, 1.82) is 0 Å². The van der Waals surface area contributed by atoms with Crippen molar-refractivity contribution in [3.05, 3.63) is 29.5 Å². The Hall–Kier alpha value is -2.22. The first-order valence-electron chi connectivity index (χ1n) is 6.01. The number of aromatic amines is 1. The Morgan fingerprint density at radius 3 is 2.57 bits per heavy atom. The van der Waals surface area contributed by atoms with Crippen LogP contribution in [0.4, 0.5) is 13.2 Å². The van der Waals surface area contributed by atoms with Gasteiger partial charge >= 0.3 is 6.18 Å². The van der Waals surface area contributed by atoms with Crippen LogP contribution in [-0.2, 0) is 12.6 Å². The number of ether oxygens (including phenoxy) is 1. The molecule has 1 aromatic heterocycles. The summed E-state index contributed by atoms with van der Waals surface area (Å²) in [6.07, 6.45) is -4.84. The second kappa shape index (κ2) is 5.65. The molecule has 114 valence electrons. The molecular weight excluding hydrogens is 289 g/mol. The minimum Gasteiger partial charge on any atom is -0.507 e. The molecule has 0 amide bonds. The van der Waals surface area contributed by atoms with Gasteiger partial charge in [0.1, 0.15) is 17.2 Å². The molecule has 0 aliphatic rings. The number of alkyl halides is 3. The lowest BCUT2D eigenvalue weighted by molar-refractivity contribution is -0.141. The number of aliphatic hydroxyl groups excluding tert-OH is 1. The number of aromatic nitrogens is 2. The van der Waals surface area contributed by atoms with E-state index in [4.69, 9.17) is 9.84 Å². The third-order valence-electron chi connectivity index (χ3n) is 2.97. The fourth-order valence-corrected chi connectivity index (χ4v) is 2.02. The Morgan fingerprint density at radius 2 is 2.05 bits per heavy atom. The van der Waals surface area contributed by atoms with E-state index in [2.05, 4.69) is 5.10 Å². The zero-order chi connectivity index (χ0) is 15.6. The van der Waals surface area contributed by atoms with Crippen LogP contribution < -0.4 is 4.74 Å². The lowest BCUT2D eigenvalue weighted by atomic mass is 10.0. The molecule has 1 aromatic carbocycles. The van der Waals surface area contributed by atoms with Crippen LogP contribution in [0.15, 0.2) is 18.2 Å². The van der Waals surface area contributed by atoms with Crippen LogP contribution in [0.2, 0.25) is 0 Å². The molecule has 2 rings (SSSR count). The van der Waals surface area contributed by atoms with Crippen LogP contribution in [-0.4, -0.2) is 34.1 Å². The van der Waals surface area contributed by atoms with Crippen LogP contribution in [0.25, 0.3) is 11.3 Å². The van der Waals surface area contributed by atoms with Gasteiger partial charge in [-0.25, -0.2) is 0 Å². The van der Waals surface area contributed by atoms with Crippen molar-refractivity contribution in [2.24, 2.45) is 0 Å². The number of hydrogen-bond acceptors (Lipinski definition) is 4. The number of nitrogens with zero attached hydrogens (tertiary/aromatic N) is 1. The van der Waals surface area contributed by atoms with Gasteiger partial charge in [-0.15, -0.1) is 0 Å². The smallest absolute Gasteiger partial charge is 0.433 e. The normalized spacial score (nSPS) is 11.7. The molecule has 0 aliphatic carbocycles. The van der Waals surface area contributed by atoms with E-state index in [1.165, 1.54) is 25.3 Å². The van der Waals surface area contributed by atoms with Gasteiger partial charge in [0.2, 0.25) is 0 Å². The maximum absolute atomic E-state index is 12.9. The van der Waals surface area contributed by atoms with Crippen LogP contribution in [0.1, 0.15) is 11.3 Å². The van der Waals surface area contributed by atoms with Gasteiger partial charge in [-0.1, -0.05) is 0 Å². The Labute approximate surface area is 118 Å². The third kappa shape index (κ3) is 2.94.